The second kappa shape index (κ2) is 27.7. The van der Waals surface area contributed by atoms with Crippen LogP contribution in [0.5, 0.6) is 0 Å². The summed E-state index contributed by atoms with van der Waals surface area (Å²) in [5.74, 6) is -7.68. The summed E-state index contributed by atoms with van der Waals surface area (Å²) in [5, 5.41) is 66.4. The molecule has 0 aromatic heterocycles. The Morgan fingerprint density at radius 2 is 0.934 bits per heavy atom. The average Bonchev–Trinajstić information content (AvgIpc) is 3.37. The zero-order valence-corrected chi connectivity index (χ0v) is 48.1. The zero-order valence-electron chi connectivity index (χ0n) is 48.1. The van der Waals surface area contributed by atoms with Gasteiger partial charge in [-0.15, -0.1) is 0 Å². The van der Waals surface area contributed by atoms with Gasteiger partial charge in [-0.1, -0.05) is 91.8 Å². The van der Waals surface area contributed by atoms with Gasteiger partial charge in [-0.25, -0.2) is 9.59 Å². The van der Waals surface area contributed by atoms with E-state index in [0.29, 0.717) is 12.8 Å². The third-order valence-electron chi connectivity index (χ3n) is 17.8. The Balaban J connectivity index is 1.35. The van der Waals surface area contributed by atoms with Crippen molar-refractivity contribution < 1.29 is 87.6 Å². The van der Waals surface area contributed by atoms with Gasteiger partial charge in [0.15, 0.2) is 24.2 Å². The second-order valence-corrected chi connectivity index (χ2v) is 22.9. The average molecular weight is 1080 g/mol. The van der Waals surface area contributed by atoms with Crippen LogP contribution in [0.15, 0.2) is 47.6 Å². The van der Waals surface area contributed by atoms with E-state index in [2.05, 4.69) is 0 Å². The molecule has 5 aliphatic rings. The molecule has 4 fully saturated rings. The van der Waals surface area contributed by atoms with Gasteiger partial charge in [-0.2, -0.15) is 0 Å². The van der Waals surface area contributed by atoms with Crippen molar-refractivity contribution in [3.63, 3.8) is 0 Å². The molecule has 0 saturated carbocycles. The van der Waals surface area contributed by atoms with Gasteiger partial charge in [0, 0.05) is 98.4 Å². The normalized spacial score (nSPS) is 42.9. The largest absolute Gasteiger partial charge is 0.458 e. The summed E-state index contributed by atoms with van der Waals surface area (Å²) in [5.41, 5.74) is 0.563. The Morgan fingerprint density at radius 1 is 0.592 bits per heavy atom. The van der Waals surface area contributed by atoms with Gasteiger partial charge in [-0.05, 0) is 54.4 Å². The Morgan fingerprint density at radius 3 is 1.24 bits per heavy atom. The topological polar surface area (TPSA) is 248 Å². The molecule has 5 heterocycles. The molecule has 0 unspecified atom stereocenters. The standard InChI is InChI=1S/C58H96O18/c1-17-41-37(11)75-57(67-15,27-45(41)71-47-25-43(59)51(63)39(13)69-47)35(9)49(61)33(7)53-29(3)21-19-23-32(6)56(66)74-54(30(4)22-20-24-31(5)55(65)73-53)34(8)50(62)36(10)58(68-16)28-46(42(18-2)38(12)76-58)72-48-26-44(60)52(64)40(14)70-48/h19-24,29-30,33-54,59-64H,17-18,25-28H2,1-16H3/t29-,30-,33-,34-,35-,36-,37+,38+,39-,40-,41+,42+,43-,44-,45+,46+,47-,48-,49+,50+,51+,52+,53-,54-,57+,58+/m0/s1. The third-order valence-corrected chi connectivity index (χ3v) is 17.8. The minimum absolute atomic E-state index is 0.0717. The van der Waals surface area contributed by atoms with Crippen molar-refractivity contribution in [1.29, 1.82) is 0 Å². The summed E-state index contributed by atoms with van der Waals surface area (Å²) in [6.07, 6.45) is -0.246. The van der Waals surface area contributed by atoms with Gasteiger partial charge in [-0.3, -0.25) is 0 Å². The molecule has 4 saturated heterocycles. The highest BCUT2D eigenvalue weighted by molar-refractivity contribution is 5.88. The Kier molecular flexibility index (Phi) is 23.4. The van der Waals surface area contributed by atoms with Crippen molar-refractivity contribution >= 4 is 11.9 Å². The number of rotatable bonds is 16. The molecule has 76 heavy (non-hydrogen) atoms. The molecule has 0 aliphatic carbocycles. The molecule has 0 aromatic carbocycles. The first kappa shape index (κ1) is 64.2. The van der Waals surface area contributed by atoms with Crippen LogP contribution in [-0.2, 0) is 57.0 Å². The summed E-state index contributed by atoms with van der Waals surface area (Å²) < 4.78 is 63.4. The number of ether oxygens (including phenoxy) is 10. The number of aliphatic hydroxyl groups excluding tert-OH is 6. The lowest BCUT2D eigenvalue weighted by Crippen LogP contribution is -2.60. The molecule has 0 bridgehead atoms. The van der Waals surface area contributed by atoms with Gasteiger partial charge in [0.25, 0.3) is 0 Å². The first-order chi connectivity index (χ1) is 35.7. The Bertz CT molecular complexity index is 1830. The predicted molar refractivity (Wildman–Crippen MR) is 282 cm³/mol. The number of carbonyl (C=O) groups excluding carboxylic acids is 2. The molecule has 5 aliphatic heterocycles. The molecule has 5 rings (SSSR count). The van der Waals surface area contributed by atoms with E-state index in [-0.39, 0.29) is 60.9 Å². The zero-order chi connectivity index (χ0) is 56.7. The van der Waals surface area contributed by atoms with Gasteiger partial charge >= 0.3 is 11.9 Å². The summed E-state index contributed by atoms with van der Waals surface area (Å²) >= 11 is 0. The number of hydrogen-bond acceptors (Lipinski definition) is 18. The van der Waals surface area contributed by atoms with E-state index < -0.39 is 145 Å². The summed E-state index contributed by atoms with van der Waals surface area (Å²) in [7, 11) is 3.06. The molecule has 26 atom stereocenters. The van der Waals surface area contributed by atoms with Gasteiger partial charge in [0.05, 0.1) is 61.0 Å². The lowest BCUT2D eigenvalue weighted by molar-refractivity contribution is -0.352. The fourth-order valence-electron chi connectivity index (χ4n) is 12.4. The van der Waals surface area contributed by atoms with Gasteiger partial charge < -0.3 is 78.0 Å². The van der Waals surface area contributed by atoms with Gasteiger partial charge in [0.2, 0.25) is 0 Å². The molecular formula is C58H96O18. The van der Waals surface area contributed by atoms with E-state index in [1.165, 1.54) is 14.2 Å². The SMILES string of the molecule is CC[C@@H]1[C@@H](C)O[C@@](OC)([C@@H](C)[C@H](O)[C@H](C)[C@H]2OC(=O)C(C)=CC=C[C@H](C)[C@@H]([C@@H](C)[C@@H](O)[C@H](C)[C@@]3(OC)C[C@@H](O[C@H]4C[C@H](O)[C@H](O)[C@H](C)O4)[C@H](CC)[C@@H](C)O3)OC(=O)C(C)=CC=C[C@@H]2C)C[C@H]1O[C@H]1C[C@H](O)[C@H](O)[C@H](C)O1. The summed E-state index contributed by atoms with van der Waals surface area (Å²) in [6.45, 7) is 25.6. The number of aliphatic hydroxyl groups is 6. The minimum atomic E-state index is -1.34. The highest BCUT2D eigenvalue weighted by Gasteiger charge is 2.55. The van der Waals surface area contributed by atoms with Crippen LogP contribution in [0.25, 0.3) is 0 Å². The molecule has 18 nitrogen and oxygen atoms in total. The van der Waals surface area contributed by atoms with Crippen molar-refractivity contribution in [2.45, 2.75) is 245 Å². The lowest BCUT2D eigenvalue weighted by atomic mass is 9.76. The van der Waals surface area contributed by atoms with Crippen LogP contribution in [0.1, 0.15) is 135 Å². The molecule has 0 aromatic rings. The maximum Gasteiger partial charge on any atom is 0.334 e. The molecule has 6 N–H and O–H groups in total. The van der Waals surface area contributed by atoms with Crippen LogP contribution in [0.3, 0.4) is 0 Å². The quantitative estimate of drug-likeness (QED) is 0.0941. The van der Waals surface area contributed by atoms with Crippen LogP contribution in [-0.4, -0.2) is 166 Å². The predicted octanol–water partition coefficient (Wildman–Crippen LogP) is 6.21. The number of allylic oxidation sites excluding steroid dienone is 4. The smallest absolute Gasteiger partial charge is 0.334 e. The van der Waals surface area contributed by atoms with Crippen LogP contribution >= 0.6 is 0 Å². The molecular weight excluding hydrogens is 985 g/mol. The third kappa shape index (κ3) is 14.6. The molecule has 0 radical (unpaired) electrons. The van der Waals surface area contributed by atoms with E-state index in [0.717, 1.165) is 0 Å². The van der Waals surface area contributed by atoms with Crippen LogP contribution < -0.4 is 0 Å². The molecule has 436 valence electrons. The van der Waals surface area contributed by atoms with E-state index in [4.69, 9.17) is 47.4 Å². The number of cyclic esters (lactones) is 2. The molecule has 18 heteroatoms. The Hall–Kier alpha value is -2.66. The van der Waals surface area contributed by atoms with Crippen LogP contribution in [0.4, 0.5) is 0 Å². The van der Waals surface area contributed by atoms with Crippen molar-refractivity contribution in [1.82, 2.24) is 0 Å². The summed E-state index contributed by atoms with van der Waals surface area (Å²) in [4.78, 5) is 28.1. The fourth-order valence-corrected chi connectivity index (χ4v) is 12.4. The maximum absolute atomic E-state index is 14.0. The first-order valence-electron chi connectivity index (χ1n) is 28.0. The van der Waals surface area contributed by atoms with Crippen molar-refractivity contribution in [2.75, 3.05) is 14.2 Å². The van der Waals surface area contributed by atoms with Crippen LogP contribution in [0, 0.1) is 47.3 Å². The maximum atomic E-state index is 14.0. The number of esters is 2. The van der Waals surface area contributed by atoms with E-state index in [9.17, 15) is 40.2 Å². The van der Waals surface area contributed by atoms with Crippen molar-refractivity contribution in [3.05, 3.63) is 47.6 Å². The van der Waals surface area contributed by atoms with Crippen molar-refractivity contribution in [3.8, 4) is 0 Å². The minimum Gasteiger partial charge on any atom is -0.458 e. The van der Waals surface area contributed by atoms with Crippen LogP contribution in [0.2, 0.25) is 0 Å². The monoisotopic (exact) mass is 1080 g/mol. The molecule has 0 spiro atoms. The van der Waals surface area contributed by atoms with Gasteiger partial charge in [0.1, 0.15) is 24.4 Å². The first-order valence-corrected chi connectivity index (χ1v) is 28.0. The highest BCUT2D eigenvalue weighted by Crippen LogP contribution is 2.47. The summed E-state index contributed by atoms with van der Waals surface area (Å²) in [6, 6.07) is 0. The second-order valence-electron chi connectivity index (χ2n) is 22.9. The molecule has 0 amide bonds. The number of carbonyl (C=O) groups is 2. The lowest BCUT2D eigenvalue weighted by Gasteiger charge is -2.52. The Labute approximate surface area is 452 Å². The number of hydrogen-bond donors (Lipinski definition) is 6. The fraction of sp³-hybridized carbons (Fsp3) is 0.828. The highest BCUT2D eigenvalue weighted by atomic mass is 16.7. The van der Waals surface area contributed by atoms with E-state index in [1.54, 1.807) is 64.2 Å². The number of methoxy groups -OCH3 is 2. The van der Waals surface area contributed by atoms with Crippen molar-refractivity contribution in [2.24, 2.45) is 47.3 Å². The van der Waals surface area contributed by atoms with E-state index in [1.807, 2.05) is 69.2 Å². The van der Waals surface area contributed by atoms with E-state index >= 15 is 0 Å².